The second-order valence-corrected chi connectivity index (χ2v) is 5.61. The summed E-state index contributed by atoms with van der Waals surface area (Å²) in [6.45, 7) is 2.38. The van der Waals surface area contributed by atoms with Gasteiger partial charge in [0.25, 0.3) is 0 Å². The molecular formula is C15H21N. The molecule has 5 unspecified atom stereocenters. The van der Waals surface area contributed by atoms with E-state index in [-0.39, 0.29) is 0 Å². The van der Waals surface area contributed by atoms with Gasteiger partial charge in [0.05, 0.1) is 0 Å². The van der Waals surface area contributed by atoms with Gasteiger partial charge in [-0.3, -0.25) is 0 Å². The molecule has 2 saturated carbocycles. The Balaban J connectivity index is 1.67. The van der Waals surface area contributed by atoms with Gasteiger partial charge < -0.3 is 5.32 Å². The fraction of sp³-hybridized carbons (Fsp3) is 0.600. The fourth-order valence-corrected chi connectivity index (χ4v) is 3.29. The van der Waals surface area contributed by atoms with E-state index in [2.05, 4.69) is 49.6 Å². The van der Waals surface area contributed by atoms with Crippen molar-refractivity contribution in [3.8, 4) is 0 Å². The summed E-state index contributed by atoms with van der Waals surface area (Å²) in [6.07, 6.45) is 2.82. The highest BCUT2D eigenvalue weighted by Gasteiger charge is 2.51. The quantitative estimate of drug-likeness (QED) is 0.814. The number of nitrogens with one attached hydrogen (secondary N) is 1. The Labute approximate surface area is 98.3 Å². The zero-order chi connectivity index (χ0) is 11.1. The van der Waals surface area contributed by atoms with Crippen molar-refractivity contribution in [2.45, 2.75) is 31.7 Å². The zero-order valence-corrected chi connectivity index (χ0v) is 10.2. The summed E-state index contributed by atoms with van der Waals surface area (Å²) in [7, 11) is 2.13. The second-order valence-electron chi connectivity index (χ2n) is 5.61. The van der Waals surface area contributed by atoms with Crippen molar-refractivity contribution < 1.29 is 0 Å². The van der Waals surface area contributed by atoms with Gasteiger partial charge in [0.15, 0.2) is 0 Å². The Hall–Kier alpha value is -0.820. The Morgan fingerprint density at radius 2 is 1.81 bits per heavy atom. The van der Waals surface area contributed by atoms with E-state index < -0.39 is 0 Å². The minimum Gasteiger partial charge on any atom is -0.316 e. The van der Waals surface area contributed by atoms with Crippen molar-refractivity contribution in [1.29, 1.82) is 0 Å². The summed E-state index contributed by atoms with van der Waals surface area (Å²) >= 11 is 0. The average molecular weight is 215 g/mol. The molecule has 16 heavy (non-hydrogen) atoms. The van der Waals surface area contributed by atoms with Crippen molar-refractivity contribution in [2.75, 3.05) is 7.05 Å². The third-order valence-corrected chi connectivity index (χ3v) is 4.50. The number of hydrogen-bond acceptors (Lipinski definition) is 1. The maximum atomic E-state index is 3.56. The molecule has 3 rings (SSSR count). The molecule has 1 nitrogen and oxygen atoms in total. The summed E-state index contributed by atoms with van der Waals surface area (Å²) in [5.74, 6) is 3.62. The largest absolute Gasteiger partial charge is 0.316 e. The van der Waals surface area contributed by atoms with E-state index in [1.54, 1.807) is 5.56 Å². The lowest BCUT2D eigenvalue weighted by Crippen LogP contribution is -2.30. The monoisotopic (exact) mass is 215 g/mol. The van der Waals surface area contributed by atoms with Crippen LogP contribution in [0.2, 0.25) is 0 Å². The van der Waals surface area contributed by atoms with E-state index in [0.29, 0.717) is 0 Å². The van der Waals surface area contributed by atoms with Gasteiger partial charge in [-0.15, -0.1) is 0 Å². The number of rotatable bonds is 4. The molecule has 0 amide bonds. The van der Waals surface area contributed by atoms with E-state index in [9.17, 15) is 0 Å². The van der Waals surface area contributed by atoms with Crippen LogP contribution in [0.25, 0.3) is 0 Å². The third kappa shape index (κ3) is 1.78. The molecule has 2 aliphatic rings. The van der Waals surface area contributed by atoms with Crippen LogP contribution >= 0.6 is 0 Å². The Morgan fingerprint density at radius 1 is 1.12 bits per heavy atom. The summed E-state index contributed by atoms with van der Waals surface area (Å²) < 4.78 is 0. The van der Waals surface area contributed by atoms with Gasteiger partial charge in [-0.2, -0.15) is 0 Å². The zero-order valence-electron chi connectivity index (χ0n) is 10.2. The van der Waals surface area contributed by atoms with Crippen molar-refractivity contribution >= 4 is 0 Å². The maximum absolute atomic E-state index is 3.56. The van der Waals surface area contributed by atoms with E-state index in [1.807, 2.05) is 0 Å². The van der Waals surface area contributed by atoms with Crippen molar-refractivity contribution in [3.05, 3.63) is 35.9 Å². The Bertz CT molecular complexity index is 359. The Morgan fingerprint density at radius 3 is 2.38 bits per heavy atom. The molecule has 86 valence electrons. The molecule has 2 aliphatic carbocycles. The summed E-state index contributed by atoms with van der Waals surface area (Å²) in [5, 5.41) is 3.56. The van der Waals surface area contributed by atoms with E-state index >= 15 is 0 Å². The molecule has 1 heteroatoms. The molecule has 0 aromatic heterocycles. The molecule has 0 spiro atoms. The van der Waals surface area contributed by atoms with Crippen LogP contribution in [0.1, 0.15) is 31.2 Å². The van der Waals surface area contributed by atoms with Gasteiger partial charge in [-0.25, -0.2) is 0 Å². The molecular weight excluding hydrogens is 194 g/mol. The minimum absolute atomic E-state index is 0.764. The predicted octanol–water partition coefficient (Wildman–Crippen LogP) is 3.03. The van der Waals surface area contributed by atoms with Crippen molar-refractivity contribution in [1.82, 2.24) is 5.32 Å². The normalized spacial score (nSPS) is 38.1. The van der Waals surface area contributed by atoms with Gasteiger partial charge >= 0.3 is 0 Å². The molecule has 2 fully saturated rings. The third-order valence-electron chi connectivity index (χ3n) is 4.50. The first kappa shape index (κ1) is 10.3. The van der Waals surface area contributed by atoms with Crippen LogP contribution in [0.5, 0.6) is 0 Å². The van der Waals surface area contributed by atoms with Gasteiger partial charge in [-0.05, 0) is 49.1 Å². The van der Waals surface area contributed by atoms with Crippen LogP contribution in [0, 0.1) is 17.8 Å². The van der Waals surface area contributed by atoms with Gasteiger partial charge in [0.1, 0.15) is 0 Å². The van der Waals surface area contributed by atoms with E-state index in [4.69, 9.17) is 0 Å². The standard InChI is InChI=1S/C15H21N/c1-10-8-12(10)15(16-2)14-9-13(14)11-6-4-3-5-7-11/h3-7,10,12-16H,8-9H2,1-2H3. The van der Waals surface area contributed by atoms with Crippen LogP contribution < -0.4 is 5.32 Å². The van der Waals surface area contributed by atoms with Crippen LogP contribution in [0.4, 0.5) is 0 Å². The topological polar surface area (TPSA) is 12.0 Å². The highest BCUT2D eigenvalue weighted by Crippen LogP contribution is 2.55. The SMILES string of the molecule is CNC(C1CC1C)C1CC1c1ccccc1. The van der Waals surface area contributed by atoms with Gasteiger partial charge in [-0.1, -0.05) is 37.3 Å². The highest BCUT2D eigenvalue weighted by atomic mass is 14.9. The van der Waals surface area contributed by atoms with Crippen molar-refractivity contribution in [2.24, 2.45) is 17.8 Å². The lowest BCUT2D eigenvalue weighted by Gasteiger charge is -2.15. The van der Waals surface area contributed by atoms with Crippen LogP contribution in [0.15, 0.2) is 30.3 Å². The molecule has 0 radical (unpaired) electrons. The van der Waals surface area contributed by atoms with Crippen LogP contribution in [-0.2, 0) is 0 Å². The van der Waals surface area contributed by atoms with Gasteiger partial charge in [0, 0.05) is 6.04 Å². The number of benzene rings is 1. The molecule has 0 heterocycles. The maximum Gasteiger partial charge on any atom is 0.0129 e. The van der Waals surface area contributed by atoms with Gasteiger partial charge in [0.2, 0.25) is 0 Å². The molecule has 0 aliphatic heterocycles. The smallest absolute Gasteiger partial charge is 0.0129 e. The molecule has 1 aromatic carbocycles. The van der Waals surface area contributed by atoms with E-state index in [1.165, 1.54) is 12.8 Å². The molecule has 0 bridgehead atoms. The summed E-state index contributed by atoms with van der Waals surface area (Å²) in [6, 6.07) is 11.8. The average Bonchev–Trinajstić information content (AvgIpc) is 3.21. The predicted molar refractivity (Wildman–Crippen MR) is 67.4 cm³/mol. The van der Waals surface area contributed by atoms with Crippen LogP contribution in [-0.4, -0.2) is 13.1 Å². The molecule has 1 N–H and O–H groups in total. The molecule has 1 aromatic rings. The first-order valence-electron chi connectivity index (χ1n) is 6.53. The first-order chi connectivity index (χ1) is 7.81. The summed E-state index contributed by atoms with van der Waals surface area (Å²) in [5.41, 5.74) is 1.54. The van der Waals surface area contributed by atoms with E-state index in [0.717, 1.165) is 29.7 Å². The second kappa shape index (κ2) is 3.89. The summed E-state index contributed by atoms with van der Waals surface area (Å²) in [4.78, 5) is 0. The minimum atomic E-state index is 0.764. The Kier molecular flexibility index (Phi) is 2.51. The molecule has 5 atom stereocenters. The number of hydrogen-bond donors (Lipinski definition) is 1. The lowest BCUT2D eigenvalue weighted by molar-refractivity contribution is 0.426. The fourth-order valence-electron chi connectivity index (χ4n) is 3.29. The highest BCUT2D eigenvalue weighted by molar-refractivity contribution is 5.27. The lowest BCUT2D eigenvalue weighted by atomic mass is 10.0. The van der Waals surface area contributed by atoms with Crippen molar-refractivity contribution in [3.63, 3.8) is 0 Å². The molecule has 0 saturated heterocycles. The van der Waals surface area contributed by atoms with Crippen LogP contribution in [0.3, 0.4) is 0 Å². The first-order valence-corrected chi connectivity index (χ1v) is 6.53.